The van der Waals surface area contributed by atoms with Crippen molar-refractivity contribution in [2.75, 3.05) is 32.1 Å². The first kappa shape index (κ1) is 16.5. The lowest BCUT2D eigenvalue weighted by atomic mass is 10.2. The predicted octanol–water partition coefficient (Wildman–Crippen LogP) is 0.917. The van der Waals surface area contributed by atoms with E-state index in [1.54, 1.807) is 12.1 Å². The molecule has 0 aliphatic rings. The zero-order chi connectivity index (χ0) is 14.6. The molecule has 0 aliphatic heterocycles. The van der Waals surface area contributed by atoms with Gasteiger partial charge in [0.1, 0.15) is 0 Å². The summed E-state index contributed by atoms with van der Waals surface area (Å²) in [6, 6.07) is 9.40. The topological polar surface area (TPSA) is 82.4 Å². The molecule has 0 radical (unpaired) electrons. The van der Waals surface area contributed by atoms with Gasteiger partial charge in [-0.2, -0.15) is 5.26 Å². The van der Waals surface area contributed by atoms with Crippen LogP contribution in [0, 0.1) is 11.3 Å². The van der Waals surface area contributed by atoms with E-state index in [-0.39, 0.29) is 12.5 Å². The molecule has 0 aliphatic carbocycles. The minimum absolute atomic E-state index is 0.00557. The first-order valence-electron chi connectivity index (χ1n) is 6.28. The molecule has 0 fully saturated rings. The molecular formula is C14H18N2O3S. The second-order valence-electron chi connectivity index (χ2n) is 3.99. The van der Waals surface area contributed by atoms with Gasteiger partial charge in [0.15, 0.2) is 0 Å². The molecule has 20 heavy (non-hydrogen) atoms. The number of rotatable bonds is 9. The molecule has 1 rings (SSSR count). The van der Waals surface area contributed by atoms with E-state index < -0.39 is 0 Å². The Kier molecular flexibility index (Phi) is 8.47. The van der Waals surface area contributed by atoms with E-state index in [1.807, 2.05) is 12.1 Å². The first-order valence-corrected chi connectivity index (χ1v) is 7.44. The van der Waals surface area contributed by atoms with Crippen molar-refractivity contribution in [2.24, 2.45) is 0 Å². The summed E-state index contributed by atoms with van der Waals surface area (Å²) in [5.74, 6) is 1.09. The van der Waals surface area contributed by atoms with Gasteiger partial charge in [0.25, 0.3) is 0 Å². The minimum Gasteiger partial charge on any atom is -0.394 e. The summed E-state index contributed by atoms with van der Waals surface area (Å²) in [5.41, 5.74) is 1.73. The van der Waals surface area contributed by atoms with E-state index >= 15 is 0 Å². The molecule has 0 spiro atoms. The largest absolute Gasteiger partial charge is 0.394 e. The number of aliphatic hydroxyl groups excluding tert-OH is 1. The van der Waals surface area contributed by atoms with Crippen molar-refractivity contribution in [3.8, 4) is 6.07 Å². The van der Waals surface area contributed by atoms with Crippen LogP contribution in [0.25, 0.3) is 0 Å². The fourth-order valence-electron chi connectivity index (χ4n) is 1.42. The third-order valence-electron chi connectivity index (χ3n) is 2.39. The predicted molar refractivity (Wildman–Crippen MR) is 78.2 cm³/mol. The highest BCUT2D eigenvalue weighted by Gasteiger charge is 2.01. The highest BCUT2D eigenvalue weighted by Crippen LogP contribution is 2.12. The van der Waals surface area contributed by atoms with Crippen molar-refractivity contribution >= 4 is 17.7 Å². The van der Waals surface area contributed by atoms with Crippen LogP contribution in [0.3, 0.4) is 0 Å². The highest BCUT2D eigenvalue weighted by molar-refractivity contribution is 7.99. The molecule has 1 amide bonds. The van der Waals surface area contributed by atoms with Crippen molar-refractivity contribution in [3.63, 3.8) is 0 Å². The minimum atomic E-state index is -0.0313. The zero-order valence-corrected chi connectivity index (χ0v) is 12.0. The van der Waals surface area contributed by atoms with Gasteiger partial charge >= 0.3 is 0 Å². The summed E-state index contributed by atoms with van der Waals surface area (Å²) < 4.78 is 5.03. The van der Waals surface area contributed by atoms with Crippen LogP contribution in [0.4, 0.5) is 0 Å². The Morgan fingerprint density at radius 3 is 2.75 bits per heavy atom. The summed E-state index contributed by atoms with van der Waals surface area (Å²) >= 11 is 1.52. The molecule has 0 atom stereocenters. The molecule has 0 saturated carbocycles. The maximum Gasteiger partial charge on any atom is 0.230 e. The highest BCUT2D eigenvalue weighted by atomic mass is 32.2. The fraction of sp³-hybridized carbons (Fsp3) is 0.429. The van der Waals surface area contributed by atoms with Gasteiger partial charge in [-0.05, 0) is 17.7 Å². The summed E-state index contributed by atoms with van der Waals surface area (Å²) in [6.07, 6.45) is 0. The summed E-state index contributed by atoms with van der Waals surface area (Å²) in [4.78, 5) is 11.5. The Bertz CT molecular complexity index is 443. The van der Waals surface area contributed by atoms with Gasteiger partial charge in [0.2, 0.25) is 5.91 Å². The molecule has 0 aromatic heterocycles. The van der Waals surface area contributed by atoms with E-state index in [1.165, 1.54) is 11.8 Å². The van der Waals surface area contributed by atoms with Crippen LogP contribution in [0.15, 0.2) is 24.3 Å². The molecule has 0 saturated heterocycles. The molecular weight excluding hydrogens is 276 g/mol. The number of benzene rings is 1. The van der Waals surface area contributed by atoms with Crippen molar-refractivity contribution in [3.05, 3.63) is 35.4 Å². The number of aliphatic hydroxyl groups is 1. The smallest absolute Gasteiger partial charge is 0.230 e. The molecule has 0 bridgehead atoms. The van der Waals surface area contributed by atoms with Gasteiger partial charge in [0.05, 0.1) is 37.2 Å². The Hall–Kier alpha value is -1.55. The molecule has 1 aromatic carbocycles. The van der Waals surface area contributed by atoms with E-state index in [0.717, 1.165) is 11.3 Å². The van der Waals surface area contributed by atoms with Gasteiger partial charge < -0.3 is 15.2 Å². The molecule has 0 heterocycles. The Morgan fingerprint density at radius 2 is 2.10 bits per heavy atom. The average molecular weight is 294 g/mol. The third-order valence-corrected chi connectivity index (χ3v) is 3.39. The number of hydrogen-bond donors (Lipinski definition) is 2. The second kappa shape index (κ2) is 10.3. The summed E-state index contributed by atoms with van der Waals surface area (Å²) in [7, 11) is 0. The van der Waals surface area contributed by atoms with Gasteiger partial charge in [-0.15, -0.1) is 11.8 Å². The van der Waals surface area contributed by atoms with E-state index in [4.69, 9.17) is 15.1 Å². The number of nitriles is 1. The maximum atomic E-state index is 11.5. The SMILES string of the molecule is N#Cc1ccc(CSCC(=O)NCCOCCO)cc1. The standard InChI is InChI=1S/C14H18N2O3S/c15-9-12-1-3-13(4-2-12)10-20-11-14(18)16-5-7-19-8-6-17/h1-4,17H,5-8,10-11H2,(H,16,18). The van der Waals surface area contributed by atoms with Gasteiger partial charge in [0, 0.05) is 12.3 Å². The quantitative estimate of drug-likeness (QED) is 0.662. The number of nitrogens with one attached hydrogen (secondary N) is 1. The second-order valence-corrected chi connectivity index (χ2v) is 4.97. The van der Waals surface area contributed by atoms with Crippen LogP contribution in [0.5, 0.6) is 0 Å². The van der Waals surface area contributed by atoms with Gasteiger partial charge in [-0.25, -0.2) is 0 Å². The summed E-state index contributed by atoms with van der Waals surface area (Å²) in [6.45, 7) is 1.15. The molecule has 5 nitrogen and oxygen atoms in total. The van der Waals surface area contributed by atoms with Crippen LogP contribution in [0.1, 0.15) is 11.1 Å². The maximum absolute atomic E-state index is 11.5. The van der Waals surface area contributed by atoms with Gasteiger partial charge in [-0.3, -0.25) is 4.79 Å². The Labute approximate surface area is 122 Å². The molecule has 1 aromatic rings. The van der Waals surface area contributed by atoms with Crippen LogP contribution in [0.2, 0.25) is 0 Å². The van der Waals surface area contributed by atoms with Crippen LogP contribution >= 0.6 is 11.8 Å². The number of carbonyl (C=O) groups is 1. The van der Waals surface area contributed by atoms with Crippen molar-refractivity contribution < 1.29 is 14.6 Å². The lowest BCUT2D eigenvalue weighted by Crippen LogP contribution is -2.29. The van der Waals surface area contributed by atoms with E-state index in [0.29, 0.717) is 31.1 Å². The number of nitrogens with zero attached hydrogens (tertiary/aromatic N) is 1. The number of thioether (sulfide) groups is 1. The van der Waals surface area contributed by atoms with Crippen molar-refractivity contribution in [1.29, 1.82) is 5.26 Å². The monoisotopic (exact) mass is 294 g/mol. The van der Waals surface area contributed by atoms with Crippen LogP contribution in [-0.2, 0) is 15.3 Å². The number of carbonyl (C=O) groups excluding carboxylic acids is 1. The molecule has 108 valence electrons. The zero-order valence-electron chi connectivity index (χ0n) is 11.2. The Balaban J connectivity index is 2.10. The molecule has 0 unspecified atom stereocenters. The van der Waals surface area contributed by atoms with E-state index in [9.17, 15) is 4.79 Å². The summed E-state index contributed by atoms with van der Waals surface area (Å²) in [5, 5.41) is 19.9. The van der Waals surface area contributed by atoms with Crippen molar-refractivity contribution in [1.82, 2.24) is 5.32 Å². The van der Waals surface area contributed by atoms with Gasteiger partial charge in [-0.1, -0.05) is 12.1 Å². The average Bonchev–Trinajstić information content (AvgIpc) is 2.48. The molecule has 2 N–H and O–H groups in total. The number of ether oxygens (including phenoxy) is 1. The lowest BCUT2D eigenvalue weighted by Gasteiger charge is -2.05. The van der Waals surface area contributed by atoms with Crippen LogP contribution in [-0.4, -0.2) is 43.1 Å². The molecule has 6 heteroatoms. The van der Waals surface area contributed by atoms with Crippen LogP contribution < -0.4 is 5.32 Å². The number of hydrogen-bond acceptors (Lipinski definition) is 5. The lowest BCUT2D eigenvalue weighted by molar-refractivity contribution is -0.118. The normalized spacial score (nSPS) is 10.0. The first-order chi connectivity index (χ1) is 9.76. The third kappa shape index (κ3) is 7.14. The number of amides is 1. The fourth-order valence-corrected chi connectivity index (χ4v) is 2.24. The van der Waals surface area contributed by atoms with E-state index in [2.05, 4.69) is 11.4 Å². The van der Waals surface area contributed by atoms with Crippen molar-refractivity contribution in [2.45, 2.75) is 5.75 Å². The Morgan fingerprint density at radius 1 is 1.35 bits per heavy atom.